The van der Waals surface area contributed by atoms with Gasteiger partial charge < -0.3 is 16.2 Å². The molecule has 16 heavy (non-hydrogen) atoms. The number of rotatable bonds is 7. The largest absolute Gasteiger partial charge is 0.396 e. The topological polar surface area (TPSA) is 71.2 Å². The third-order valence-corrected chi connectivity index (χ3v) is 2.48. The Balaban J connectivity index is 2.23. The van der Waals surface area contributed by atoms with Gasteiger partial charge in [0, 0.05) is 13.2 Å². The van der Waals surface area contributed by atoms with Crippen LogP contribution in [0.2, 0.25) is 5.15 Å². The number of nitrogens with one attached hydrogen (secondary N) is 1. The second-order valence-electron chi connectivity index (χ2n) is 3.64. The summed E-state index contributed by atoms with van der Waals surface area (Å²) in [7, 11) is 0. The fourth-order valence-corrected chi connectivity index (χ4v) is 1.53. The fourth-order valence-electron chi connectivity index (χ4n) is 1.38. The van der Waals surface area contributed by atoms with Crippen LogP contribution in [0.4, 0.5) is 11.5 Å². The van der Waals surface area contributed by atoms with Gasteiger partial charge in [0.2, 0.25) is 0 Å². The van der Waals surface area contributed by atoms with E-state index in [1.165, 1.54) is 0 Å². The van der Waals surface area contributed by atoms with Crippen molar-refractivity contribution < 1.29 is 5.11 Å². The molecule has 1 rings (SSSR count). The Labute approximate surface area is 101 Å². The summed E-state index contributed by atoms with van der Waals surface area (Å²) in [4.78, 5) is 4.10. The summed E-state index contributed by atoms with van der Waals surface area (Å²) in [6, 6.07) is 3.41. The van der Waals surface area contributed by atoms with Gasteiger partial charge in [0.25, 0.3) is 0 Å². The lowest BCUT2D eigenvalue weighted by atomic mass is 10.2. The van der Waals surface area contributed by atoms with E-state index in [9.17, 15) is 0 Å². The molecule has 0 atom stereocenters. The van der Waals surface area contributed by atoms with Gasteiger partial charge in [0.1, 0.15) is 5.15 Å². The molecule has 90 valence electrons. The minimum absolute atomic E-state index is 0.274. The number of pyridine rings is 1. The van der Waals surface area contributed by atoms with E-state index in [2.05, 4.69) is 10.3 Å². The van der Waals surface area contributed by atoms with E-state index in [1.807, 2.05) is 0 Å². The molecule has 0 aliphatic carbocycles. The van der Waals surface area contributed by atoms with Crippen molar-refractivity contribution in [2.45, 2.75) is 25.7 Å². The van der Waals surface area contributed by atoms with Crippen LogP contribution in [0.3, 0.4) is 0 Å². The van der Waals surface area contributed by atoms with Crippen LogP contribution in [0, 0.1) is 0 Å². The lowest BCUT2D eigenvalue weighted by molar-refractivity contribution is 0.283. The first-order chi connectivity index (χ1) is 7.74. The highest BCUT2D eigenvalue weighted by atomic mass is 35.5. The smallest absolute Gasteiger partial charge is 0.150 e. The molecule has 4 nitrogen and oxygen atoms in total. The molecule has 0 aromatic carbocycles. The third kappa shape index (κ3) is 4.68. The molecule has 1 aromatic heterocycles. The highest BCUT2D eigenvalue weighted by Crippen LogP contribution is 2.18. The van der Waals surface area contributed by atoms with Crippen LogP contribution < -0.4 is 11.1 Å². The highest BCUT2D eigenvalue weighted by molar-refractivity contribution is 6.29. The molecule has 0 spiro atoms. The van der Waals surface area contributed by atoms with E-state index in [0.29, 0.717) is 16.7 Å². The van der Waals surface area contributed by atoms with Crippen molar-refractivity contribution in [3.63, 3.8) is 0 Å². The van der Waals surface area contributed by atoms with Gasteiger partial charge in [0.05, 0.1) is 5.69 Å². The van der Waals surface area contributed by atoms with Crippen molar-refractivity contribution in [2.24, 2.45) is 0 Å². The first-order valence-corrected chi connectivity index (χ1v) is 5.88. The van der Waals surface area contributed by atoms with E-state index in [0.717, 1.165) is 32.2 Å². The van der Waals surface area contributed by atoms with Crippen LogP contribution >= 0.6 is 11.6 Å². The number of nitrogen functional groups attached to an aromatic ring is 1. The van der Waals surface area contributed by atoms with Crippen LogP contribution in [0.5, 0.6) is 0 Å². The number of aliphatic hydroxyl groups is 1. The maximum atomic E-state index is 8.61. The number of unbranched alkanes of at least 4 members (excludes halogenated alkanes) is 3. The van der Waals surface area contributed by atoms with Crippen molar-refractivity contribution in [1.29, 1.82) is 0 Å². The summed E-state index contributed by atoms with van der Waals surface area (Å²) in [6.07, 6.45) is 4.05. The summed E-state index contributed by atoms with van der Waals surface area (Å²) in [6.45, 7) is 1.10. The zero-order chi connectivity index (χ0) is 11.8. The Kier molecular flexibility index (Phi) is 5.96. The molecule has 0 amide bonds. The molecule has 0 bridgehead atoms. The molecular weight excluding hydrogens is 226 g/mol. The van der Waals surface area contributed by atoms with Crippen LogP contribution in [0.15, 0.2) is 12.1 Å². The first-order valence-electron chi connectivity index (χ1n) is 5.51. The molecule has 0 unspecified atom stereocenters. The van der Waals surface area contributed by atoms with Crippen molar-refractivity contribution >= 4 is 23.1 Å². The van der Waals surface area contributed by atoms with Crippen molar-refractivity contribution in [3.05, 3.63) is 17.3 Å². The Hall–Kier alpha value is -1.00. The zero-order valence-electron chi connectivity index (χ0n) is 9.25. The predicted octanol–water partition coefficient (Wildman–Crippen LogP) is 2.28. The van der Waals surface area contributed by atoms with Crippen molar-refractivity contribution in [2.75, 3.05) is 24.2 Å². The minimum atomic E-state index is 0.274. The maximum absolute atomic E-state index is 8.61. The maximum Gasteiger partial charge on any atom is 0.150 e. The molecule has 0 aliphatic heterocycles. The number of halogens is 1. The highest BCUT2D eigenvalue weighted by Gasteiger charge is 2.00. The number of aromatic nitrogens is 1. The molecule has 5 heteroatoms. The lowest BCUT2D eigenvalue weighted by Crippen LogP contribution is -2.06. The second kappa shape index (κ2) is 7.30. The third-order valence-electron chi connectivity index (χ3n) is 2.27. The van der Waals surface area contributed by atoms with E-state index in [-0.39, 0.29) is 6.61 Å². The van der Waals surface area contributed by atoms with Gasteiger partial charge in [-0.05, 0) is 25.0 Å². The lowest BCUT2D eigenvalue weighted by Gasteiger charge is -2.08. The van der Waals surface area contributed by atoms with Crippen LogP contribution in [-0.2, 0) is 0 Å². The van der Waals surface area contributed by atoms with Gasteiger partial charge >= 0.3 is 0 Å². The number of hydrogen-bond acceptors (Lipinski definition) is 4. The normalized spacial score (nSPS) is 10.4. The van der Waals surface area contributed by atoms with Gasteiger partial charge in [-0.3, -0.25) is 0 Å². The second-order valence-corrected chi connectivity index (χ2v) is 4.02. The molecule has 0 saturated heterocycles. The number of aliphatic hydroxyl groups excluding tert-OH is 1. The Bertz CT molecular complexity index is 320. The van der Waals surface area contributed by atoms with Crippen LogP contribution in [-0.4, -0.2) is 23.2 Å². The van der Waals surface area contributed by atoms with Gasteiger partial charge in [0.15, 0.2) is 5.82 Å². The quantitative estimate of drug-likeness (QED) is 0.508. The Morgan fingerprint density at radius 2 is 2.00 bits per heavy atom. The van der Waals surface area contributed by atoms with E-state index in [1.54, 1.807) is 12.1 Å². The summed E-state index contributed by atoms with van der Waals surface area (Å²) in [5.41, 5.74) is 6.35. The molecule has 0 radical (unpaired) electrons. The zero-order valence-corrected chi connectivity index (χ0v) is 10.0. The first kappa shape index (κ1) is 13.1. The standard InChI is InChI=1S/C11H18ClN3O/c12-10-6-5-9(13)11(15-10)14-7-3-1-2-4-8-16/h5-6,16H,1-4,7-8,13H2,(H,14,15). The van der Waals surface area contributed by atoms with Gasteiger partial charge in [-0.15, -0.1) is 0 Å². The van der Waals surface area contributed by atoms with E-state index in [4.69, 9.17) is 22.4 Å². The van der Waals surface area contributed by atoms with Crippen molar-refractivity contribution in [3.8, 4) is 0 Å². The number of nitrogens with zero attached hydrogens (tertiary/aromatic N) is 1. The summed E-state index contributed by atoms with van der Waals surface area (Å²) >= 11 is 5.76. The number of anilines is 2. The average Bonchev–Trinajstić information content (AvgIpc) is 2.28. The van der Waals surface area contributed by atoms with Gasteiger partial charge in [-0.1, -0.05) is 24.4 Å². The fraction of sp³-hybridized carbons (Fsp3) is 0.545. The Morgan fingerprint density at radius 1 is 1.25 bits per heavy atom. The molecule has 1 heterocycles. The predicted molar refractivity (Wildman–Crippen MR) is 67.7 cm³/mol. The molecule has 4 N–H and O–H groups in total. The van der Waals surface area contributed by atoms with Crippen LogP contribution in [0.25, 0.3) is 0 Å². The van der Waals surface area contributed by atoms with Gasteiger partial charge in [-0.2, -0.15) is 0 Å². The molecule has 0 fully saturated rings. The monoisotopic (exact) mass is 243 g/mol. The van der Waals surface area contributed by atoms with Crippen molar-refractivity contribution in [1.82, 2.24) is 4.98 Å². The Morgan fingerprint density at radius 3 is 2.75 bits per heavy atom. The number of nitrogens with two attached hydrogens (primary N) is 1. The van der Waals surface area contributed by atoms with E-state index < -0.39 is 0 Å². The number of hydrogen-bond donors (Lipinski definition) is 3. The molecular formula is C11H18ClN3O. The average molecular weight is 244 g/mol. The van der Waals surface area contributed by atoms with E-state index >= 15 is 0 Å². The summed E-state index contributed by atoms with van der Waals surface area (Å²) < 4.78 is 0. The van der Waals surface area contributed by atoms with Crippen LogP contribution in [0.1, 0.15) is 25.7 Å². The molecule has 0 aliphatic rings. The molecule has 1 aromatic rings. The SMILES string of the molecule is Nc1ccc(Cl)nc1NCCCCCCO. The summed E-state index contributed by atoms with van der Waals surface area (Å²) in [5.74, 6) is 0.648. The molecule has 0 saturated carbocycles. The summed E-state index contributed by atoms with van der Waals surface area (Å²) in [5, 5.41) is 12.2. The van der Waals surface area contributed by atoms with Gasteiger partial charge in [-0.25, -0.2) is 4.98 Å². The minimum Gasteiger partial charge on any atom is -0.396 e.